The number of rotatable bonds is 12. The largest absolute Gasteiger partial charge is 0.489 e. The summed E-state index contributed by atoms with van der Waals surface area (Å²) in [4.78, 5) is 96.9. The summed E-state index contributed by atoms with van der Waals surface area (Å²) in [5.41, 5.74) is 20.2. The van der Waals surface area contributed by atoms with Gasteiger partial charge in [-0.25, -0.2) is 39.9 Å². The number of hydrogen-bond donors (Lipinski definition) is 8. The molecule has 12 aliphatic rings. The topological polar surface area (TPSA) is 357 Å². The van der Waals surface area contributed by atoms with Crippen molar-refractivity contribution in [2.45, 2.75) is 144 Å². The first-order chi connectivity index (χ1) is 62.2. The zero-order valence-corrected chi connectivity index (χ0v) is 68.6. The van der Waals surface area contributed by atoms with E-state index in [0.717, 1.165) is 181 Å². The maximum atomic E-state index is 11.7. The van der Waals surface area contributed by atoms with E-state index in [1.54, 1.807) is 24.8 Å². The Morgan fingerprint density at radius 1 is 0.283 bits per heavy atom. The van der Waals surface area contributed by atoms with Crippen LogP contribution in [0.5, 0.6) is 69.0 Å². The number of pyridine rings is 4. The summed E-state index contributed by atoms with van der Waals surface area (Å²) >= 11 is 0. The van der Waals surface area contributed by atoms with Gasteiger partial charge < -0.3 is 79.1 Å². The number of nitrogens with one attached hydrogen (secondary N) is 8. The van der Waals surface area contributed by atoms with E-state index in [0.29, 0.717) is 74.6 Å². The van der Waals surface area contributed by atoms with E-state index in [1.165, 1.54) is 16.7 Å². The van der Waals surface area contributed by atoms with Gasteiger partial charge >= 0.3 is 0 Å². The highest BCUT2D eigenvalue weighted by Gasteiger charge is 2.64. The number of fused-ring (bicyclic) bond motifs is 20. The van der Waals surface area contributed by atoms with Crippen LogP contribution in [-0.4, -0.2) is 108 Å². The van der Waals surface area contributed by atoms with Gasteiger partial charge in [0.2, 0.25) is 23.6 Å². The van der Waals surface area contributed by atoms with E-state index >= 15 is 0 Å². The molecule has 0 saturated heterocycles. The smallest absolute Gasteiger partial charge is 0.225 e. The Morgan fingerprint density at radius 3 is 0.835 bits per heavy atom. The highest BCUT2D eigenvalue weighted by molar-refractivity contribution is 5.96. The van der Waals surface area contributed by atoms with E-state index in [9.17, 15) is 19.2 Å². The molecule has 626 valence electrons. The number of nitrogens with zero attached hydrogens (tertiary/aromatic N) is 8. The molecule has 8 aromatic carbocycles. The number of ether oxygens (including phenoxy) is 8. The fourth-order valence-corrected chi connectivity index (χ4v) is 19.9. The van der Waals surface area contributed by atoms with Crippen LogP contribution >= 0.6 is 0 Å². The number of amides is 4. The molecule has 0 radical (unpaired) electrons. The summed E-state index contributed by atoms with van der Waals surface area (Å²) in [7, 11) is 0. The molecule has 0 spiro atoms. The summed E-state index contributed by atoms with van der Waals surface area (Å²) in [5.74, 6) is 17.9. The number of imidazole rings is 4. The number of aromatic nitrogens is 12. The molecule has 8 aromatic heterocycles. The molecule has 12 unspecified atom stereocenters. The van der Waals surface area contributed by atoms with Gasteiger partial charge in [-0.1, -0.05) is 30.3 Å². The maximum Gasteiger partial charge on any atom is 0.225 e. The first-order valence-electron chi connectivity index (χ1n) is 43.0. The summed E-state index contributed by atoms with van der Waals surface area (Å²) in [6.07, 6.45) is 11.4. The normalized spacial score (nSPS) is 22.6. The average molecular weight is 1680 g/mol. The molecule has 127 heavy (non-hydrogen) atoms. The standard InChI is InChI=1S/3C25H20N4O3.C24H18N4O3/c3*1-12-2-5-16-17(10-12)28-25(27-16)22-21-15-11-13(3-6-18(15)32-23(21)22)31-19-8-9-26-24-14(19)4-7-20(30)29-24;29-19-8-6-13-18(9-10-25-23(13)28-19)30-12-5-7-17-14(11-12)20-21(22(20)31-17)24-26-15-3-1-2-4-16(15)27-24/h3*2-3,5-6,8-11,21-23H,4,7H2,1H3,(H,27,28)(H,26,29,30);1-5,7,9-11,20-22H,6,8H2,(H,26,27)(H,25,28,29). The van der Waals surface area contributed by atoms with Crippen LogP contribution in [0.3, 0.4) is 0 Å². The number of para-hydroxylation sites is 2. The SMILES string of the molecule is Cc1ccc2nc(C3C4Oc5ccc(Oc6ccnc7c6CCC(=O)N7)cc5C43)[nH]c2c1.Cc1ccc2nc(C3C4Oc5ccc(Oc6ccnc7c6CCC(=O)N7)cc5C43)[nH]c2c1.Cc1ccc2nc(C3C4Oc5ccc(Oc6ccnc7c6CCC(=O)N7)cc5C43)[nH]c2c1.O=C1CCc2c(Oc3ccc4c(c3)C3C(O4)C3c3nc4ccccc4[nH]3)ccnc2N1. The molecular weight excluding hydrogens is 1610 g/mol. The van der Waals surface area contributed by atoms with Crippen molar-refractivity contribution in [2.75, 3.05) is 21.3 Å². The molecule has 16 heterocycles. The van der Waals surface area contributed by atoms with Crippen molar-refractivity contribution < 1.29 is 57.1 Å². The van der Waals surface area contributed by atoms with Crippen molar-refractivity contribution in [3.05, 3.63) is 285 Å². The van der Waals surface area contributed by atoms with Crippen LogP contribution in [0, 0.1) is 20.8 Å². The van der Waals surface area contributed by atoms with Crippen LogP contribution in [0.15, 0.2) is 201 Å². The third kappa shape index (κ3) is 13.2. The molecule has 4 saturated carbocycles. The van der Waals surface area contributed by atoms with Crippen LogP contribution in [-0.2, 0) is 44.9 Å². The van der Waals surface area contributed by atoms with Crippen molar-refractivity contribution in [1.29, 1.82) is 0 Å². The van der Waals surface area contributed by atoms with Crippen LogP contribution in [0.25, 0.3) is 44.1 Å². The summed E-state index contributed by atoms with van der Waals surface area (Å²) in [6.45, 7) is 6.25. The van der Waals surface area contributed by atoms with E-state index in [1.807, 2.05) is 97.1 Å². The molecule has 16 aromatic rings. The summed E-state index contributed by atoms with van der Waals surface area (Å²) in [6, 6.07) is 58.2. The van der Waals surface area contributed by atoms with Gasteiger partial charge in [0.05, 0.1) is 67.8 Å². The van der Waals surface area contributed by atoms with Crippen molar-refractivity contribution >= 4 is 91.0 Å². The van der Waals surface area contributed by atoms with E-state index in [4.69, 9.17) is 57.8 Å². The Bertz CT molecular complexity index is 6830. The number of H-pyrrole nitrogens is 4. The molecule has 0 bridgehead atoms. The fraction of sp³-hybridized carbons (Fsp3) is 0.232. The predicted octanol–water partition coefficient (Wildman–Crippen LogP) is 18.0. The Hall–Kier alpha value is -15.5. The van der Waals surface area contributed by atoms with E-state index in [-0.39, 0.29) is 95.4 Å². The Labute approximate surface area is 723 Å². The minimum absolute atomic E-state index is 0.0107. The molecule has 28 heteroatoms. The number of hydrogen-bond acceptors (Lipinski definition) is 20. The van der Waals surface area contributed by atoms with Gasteiger partial charge in [0.1, 0.15) is 140 Å². The highest BCUT2D eigenvalue weighted by Crippen LogP contribution is 2.67. The molecule has 4 fully saturated rings. The van der Waals surface area contributed by atoms with Gasteiger partial charge in [0.25, 0.3) is 0 Å². The lowest BCUT2D eigenvalue weighted by atomic mass is 10.1. The van der Waals surface area contributed by atoms with Crippen LogP contribution in [0.1, 0.15) is 158 Å². The minimum Gasteiger partial charge on any atom is -0.489 e. The number of carbonyl (C=O) groups excluding carboxylic acids is 4. The lowest BCUT2D eigenvalue weighted by Gasteiger charge is -2.19. The van der Waals surface area contributed by atoms with Crippen LogP contribution in [0.2, 0.25) is 0 Å². The summed E-state index contributed by atoms with van der Waals surface area (Å²) < 4.78 is 49.7. The van der Waals surface area contributed by atoms with Gasteiger partial charge in [0.15, 0.2) is 0 Å². The lowest BCUT2D eigenvalue weighted by Crippen LogP contribution is -2.20. The molecule has 28 rings (SSSR count). The maximum absolute atomic E-state index is 11.7. The van der Waals surface area contributed by atoms with E-state index in [2.05, 4.69) is 161 Å². The second-order valence-corrected chi connectivity index (χ2v) is 34.5. The second-order valence-electron chi connectivity index (χ2n) is 34.5. The third-order valence-corrected chi connectivity index (χ3v) is 26.3. The van der Waals surface area contributed by atoms with Gasteiger partial charge in [-0.3, -0.25) is 19.2 Å². The summed E-state index contributed by atoms with van der Waals surface area (Å²) in [5, 5.41) is 11.3. The third-order valence-electron chi connectivity index (χ3n) is 26.3. The Morgan fingerprint density at radius 2 is 0.551 bits per heavy atom. The zero-order valence-electron chi connectivity index (χ0n) is 68.6. The minimum atomic E-state index is -0.0109. The number of carbonyl (C=O) groups is 4. The predicted molar refractivity (Wildman–Crippen MR) is 469 cm³/mol. The molecule has 12 atom stereocenters. The molecule has 8 aliphatic heterocycles. The quantitative estimate of drug-likeness (QED) is 0.0563. The van der Waals surface area contributed by atoms with Crippen LogP contribution in [0.4, 0.5) is 23.3 Å². The molecule has 8 N–H and O–H groups in total. The number of aryl methyl sites for hydroxylation is 3. The number of anilines is 4. The Kier molecular flexibility index (Phi) is 16.8. The fourth-order valence-electron chi connectivity index (χ4n) is 19.9. The van der Waals surface area contributed by atoms with Crippen molar-refractivity contribution in [3.8, 4) is 69.0 Å². The number of benzene rings is 8. The first kappa shape index (κ1) is 74.2. The van der Waals surface area contributed by atoms with Crippen LogP contribution < -0.4 is 59.2 Å². The highest BCUT2D eigenvalue weighted by atomic mass is 16.5. The number of aromatic amines is 4. The monoisotopic (exact) mass is 1680 g/mol. The van der Waals surface area contributed by atoms with Crippen molar-refractivity contribution in [2.24, 2.45) is 0 Å². The zero-order chi connectivity index (χ0) is 84.7. The Balaban J connectivity index is 0.0000000921. The molecule has 28 nitrogen and oxygen atoms in total. The van der Waals surface area contributed by atoms with Gasteiger partial charge in [-0.05, 0) is 209 Å². The first-order valence-corrected chi connectivity index (χ1v) is 43.0. The van der Waals surface area contributed by atoms with Gasteiger partial charge in [0, 0.05) is 119 Å². The van der Waals surface area contributed by atoms with Gasteiger partial charge in [-0.2, -0.15) is 0 Å². The van der Waals surface area contributed by atoms with Crippen molar-refractivity contribution in [3.63, 3.8) is 0 Å². The van der Waals surface area contributed by atoms with E-state index < -0.39 is 0 Å². The van der Waals surface area contributed by atoms with Gasteiger partial charge in [-0.15, -0.1) is 0 Å². The average Bonchev–Trinajstić information content (AvgIpc) is 1.55. The van der Waals surface area contributed by atoms with Crippen molar-refractivity contribution in [1.82, 2.24) is 59.8 Å². The lowest BCUT2D eigenvalue weighted by molar-refractivity contribution is -0.117. The molecular formula is C99H78N16O12. The second kappa shape index (κ2) is 28.8. The molecule has 4 aliphatic carbocycles. The molecule has 4 amide bonds.